The summed E-state index contributed by atoms with van der Waals surface area (Å²) in [7, 11) is 0. The van der Waals surface area contributed by atoms with Gasteiger partial charge in [0.1, 0.15) is 5.52 Å². The molecule has 0 aliphatic carbocycles. The van der Waals surface area contributed by atoms with Crippen molar-refractivity contribution in [1.29, 1.82) is 0 Å². The number of nitrogens with one attached hydrogen (secondary N) is 2. The minimum absolute atomic E-state index is 0.00989. The van der Waals surface area contributed by atoms with Gasteiger partial charge in [-0.15, -0.1) is 0 Å². The van der Waals surface area contributed by atoms with E-state index in [9.17, 15) is 14.4 Å². The van der Waals surface area contributed by atoms with Crippen LogP contribution in [-0.2, 0) is 4.79 Å². The maximum absolute atomic E-state index is 12.3. The molecule has 2 amide bonds. The third-order valence-electron chi connectivity index (χ3n) is 4.61. The summed E-state index contributed by atoms with van der Waals surface area (Å²) in [5, 5.41) is 2.66. The van der Waals surface area contributed by atoms with E-state index in [0.717, 1.165) is 31.4 Å². The van der Waals surface area contributed by atoms with Crippen molar-refractivity contribution in [2.45, 2.75) is 12.8 Å². The number of rotatable bonds is 3. The lowest BCUT2D eigenvalue weighted by molar-refractivity contribution is -0.129. The van der Waals surface area contributed by atoms with E-state index in [4.69, 9.17) is 0 Å². The number of amides is 2. The Morgan fingerprint density at radius 1 is 1.12 bits per heavy atom. The number of nitrogens with zero attached hydrogens (tertiary/aromatic N) is 2. The van der Waals surface area contributed by atoms with Crippen LogP contribution in [0.3, 0.4) is 0 Å². The number of H-pyrrole nitrogens is 1. The van der Waals surface area contributed by atoms with Crippen LogP contribution >= 0.6 is 0 Å². The molecule has 0 unspecified atom stereocenters. The molecule has 3 heterocycles. The molecule has 0 radical (unpaired) electrons. The molecular weight excluding hydrogens is 320 g/mol. The van der Waals surface area contributed by atoms with Gasteiger partial charge in [0.25, 0.3) is 11.5 Å². The molecule has 1 aromatic carbocycles. The first-order valence-electron chi connectivity index (χ1n) is 8.32. The fraction of sp³-hybridized carbons (Fsp3) is 0.278. The van der Waals surface area contributed by atoms with Crippen LogP contribution in [0.15, 0.2) is 41.3 Å². The van der Waals surface area contributed by atoms with Crippen LogP contribution in [0, 0.1) is 0 Å². The summed E-state index contributed by atoms with van der Waals surface area (Å²) in [5.41, 5.74) is 2.14. The van der Waals surface area contributed by atoms with Gasteiger partial charge in [-0.05, 0) is 43.2 Å². The van der Waals surface area contributed by atoms with Gasteiger partial charge in [-0.1, -0.05) is 0 Å². The van der Waals surface area contributed by atoms with Gasteiger partial charge in [-0.25, -0.2) is 0 Å². The van der Waals surface area contributed by atoms with Gasteiger partial charge in [0.05, 0.1) is 17.6 Å². The summed E-state index contributed by atoms with van der Waals surface area (Å²) in [6.45, 7) is 1.52. The fourth-order valence-corrected chi connectivity index (χ4v) is 3.29. The van der Waals surface area contributed by atoms with E-state index in [1.807, 2.05) is 0 Å². The Morgan fingerprint density at radius 3 is 2.72 bits per heavy atom. The third kappa shape index (κ3) is 2.77. The SMILES string of the molecule is O=C(NCC(=O)N1CCCC1)c1ccc2c(c1)[nH]c(=O)c1cccn12. The van der Waals surface area contributed by atoms with E-state index in [1.165, 1.54) is 0 Å². The first kappa shape index (κ1) is 15.4. The number of carbonyl (C=O) groups excluding carboxylic acids is 2. The number of aromatic amines is 1. The zero-order valence-corrected chi connectivity index (χ0v) is 13.6. The van der Waals surface area contributed by atoms with Gasteiger partial charge in [0.2, 0.25) is 5.91 Å². The fourth-order valence-electron chi connectivity index (χ4n) is 3.29. The van der Waals surface area contributed by atoms with E-state index < -0.39 is 0 Å². The quantitative estimate of drug-likeness (QED) is 0.751. The van der Waals surface area contributed by atoms with Gasteiger partial charge in [-0.2, -0.15) is 0 Å². The molecule has 2 aromatic heterocycles. The summed E-state index contributed by atoms with van der Waals surface area (Å²) < 4.78 is 1.78. The van der Waals surface area contributed by atoms with Crippen molar-refractivity contribution >= 4 is 28.4 Å². The van der Waals surface area contributed by atoms with E-state index in [1.54, 1.807) is 45.8 Å². The van der Waals surface area contributed by atoms with Gasteiger partial charge >= 0.3 is 0 Å². The molecule has 1 aliphatic rings. The maximum Gasteiger partial charge on any atom is 0.272 e. The molecule has 0 bridgehead atoms. The first-order chi connectivity index (χ1) is 12.1. The van der Waals surface area contributed by atoms with Crippen molar-refractivity contribution in [3.05, 3.63) is 52.4 Å². The Balaban J connectivity index is 1.56. The van der Waals surface area contributed by atoms with Crippen molar-refractivity contribution in [3.8, 4) is 0 Å². The molecule has 2 N–H and O–H groups in total. The first-order valence-corrected chi connectivity index (χ1v) is 8.32. The van der Waals surface area contributed by atoms with Crippen LogP contribution in [0.25, 0.3) is 16.6 Å². The molecular formula is C18H18N4O3. The van der Waals surface area contributed by atoms with Crippen LogP contribution in [0.4, 0.5) is 0 Å². The van der Waals surface area contributed by atoms with Crippen LogP contribution in [0.1, 0.15) is 23.2 Å². The van der Waals surface area contributed by atoms with Gasteiger partial charge in [-0.3, -0.25) is 14.4 Å². The van der Waals surface area contributed by atoms with Crippen molar-refractivity contribution in [2.75, 3.05) is 19.6 Å². The third-order valence-corrected chi connectivity index (χ3v) is 4.61. The van der Waals surface area contributed by atoms with Crippen molar-refractivity contribution in [1.82, 2.24) is 19.6 Å². The average molecular weight is 338 g/mol. The number of hydrogen-bond acceptors (Lipinski definition) is 3. The number of hydrogen-bond donors (Lipinski definition) is 2. The summed E-state index contributed by atoms with van der Waals surface area (Å²) >= 11 is 0. The van der Waals surface area contributed by atoms with Gasteiger partial charge < -0.3 is 19.6 Å². The highest BCUT2D eigenvalue weighted by atomic mass is 16.2. The monoisotopic (exact) mass is 338 g/mol. The predicted octanol–water partition coefficient (Wildman–Crippen LogP) is 1.13. The Hall–Kier alpha value is -3.09. The minimum atomic E-state index is -0.331. The zero-order chi connectivity index (χ0) is 17.4. The van der Waals surface area contributed by atoms with E-state index in [2.05, 4.69) is 10.3 Å². The lowest BCUT2D eigenvalue weighted by Gasteiger charge is -2.15. The number of likely N-dealkylation sites (tertiary alicyclic amines) is 1. The van der Waals surface area contributed by atoms with Crippen LogP contribution in [0.5, 0.6) is 0 Å². The molecule has 7 heteroatoms. The maximum atomic E-state index is 12.3. The molecule has 0 spiro atoms. The minimum Gasteiger partial charge on any atom is -0.343 e. The molecule has 1 fully saturated rings. The van der Waals surface area contributed by atoms with E-state index >= 15 is 0 Å². The Morgan fingerprint density at radius 2 is 1.92 bits per heavy atom. The summed E-state index contributed by atoms with van der Waals surface area (Å²) in [6, 6.07) is 8.65. The standard InChI is InChI=1S/C18H18N4O3/c23-16(21-7-1-2-8-21)11-19-17(24)12-5-6-14-13(10-12)20-18(25)15-4-3-9-22(14)15/h3-6,9-10H,1-2,7-8,11H2,(H,19,24)(H,20,25). The molecule has 0 atom stereocenters. The lowest BCUT2D eigenvalue weighted by Crippen LogP contribution is -2.38. The Bertz CT molecular complexity index is 1030. The average Bonchev–Trinajstić information content (AvgIpc) is 3.30. The summed E-state index contributed by atoms with van der Waals surface area (Å²) in [4.78, 5) is 41.0. The lowest BCUT2D eigenvalue weighted by atomic mass is 10.1. The van der Waals surface area contributed by atoms with Gasteiger partial charge in [0.15, 0.2) is 0 Å². The Kier molecular flexibility index (Phi) is 3.76. The smallest absolute Gasteiger partial charge is 0.272 e. The Labute approximate surface area is 143 Å². The number of carbonyl (C=O) groups is 2. The molecule has 25 heavy (non-hydrogen) atoms. The molecule has 4 rings (SSSR count). The highest BCUT2D eigenvalue weighted by Crippen LogP contribution is 2.15. The normalized spacial score (nSPS) is 14.3. The topological polar surface area (TPSA) is 86.7 Å². The van der Waals surface area contributed by atoms with Crippen molar-refractivity contribution in [2.24, 2.45) is 0 Å². The molecule has 3 aromatic rings. The highest BCUT2D eigenvalue weighted by Gasteiger charge is 2.18. The number of aromatic nitrogens is 2. The largest absolute Gasteiger partial charge is 0.343 e. The second kappa shape index (κ2) is 6.08. The predicted molar refractivity (Wildman–Crippen MR) is 93.7 cm³/mol. The molecule has 1 saturated heterocycles. The van der Waals surface area contributed by atoms with E-state index in [0.29, 0.717) is 16.6 Å². The second-order valence-electron chi connectivity index (χ2n) is 6.22. The van der Waals surface area contributed by atoms with E-state index in [-0.39, 0.29) is 23.9 Å². The second-order valence-corrected chi connectivity index (χ2v) is 6.22. The zero-order valence-electron chi connectivity index (χ0n) is 13.6. The highest BCUT2D eigenvalue weighted by molar-refractivity contribution is 5.99. The van der Waals surface area contributed by atoms with Crippen LogP contribution < -0.4 is 10.9 Å². The summed E-state index contributed by atoms with van der Waals surface area (Å²) in [6.07, 6.45) is 3.85. The van der Waals surface area contributed by atoms with Crippen LogP contribution in [-0.4, -0.2) is 45.7 Å². The molecule has 128 valence electrons. The van der Waals surface area contributed by atoms with Crippen molar-refractivity contribution < 1.29 is 9.59 Å². The molecule has 0 saturated carbocycles. The molecule has 1 aliphatic heterocycles. The number of benzene rings is 1. The molecule has 7 nitrogen and oxygen atoms in total. The van der Waals surface area contributed by atoms with Crippen LogP contribution in [0.2, 0.25) is 0 Å². The number of fused-ring (bicyclic) bond motifs is 3. The summed E-state index contributed by atoms with van der Waals surface area (Å²) in [5.74, 6) is -0.392. The van der Waals surface area contributed by atoms with Gasteiger partial charge in [0, 0.05) is 24.8 Å². The van der Waals surface area contributed by atoms with Crippen molar-refractivity contribution in [3.63, 3.8) is 0 Å².